The summed E-state index contributed by atoms with van der Waals surface area (Å²) in [5.41, 5.74) is 11.2. The van der Waals surface area contributed by atoms with Gasteiger partial charge in [0, 0.05) is 54.6 Å². The number of halogens is 7. The van der Waals surface area contributed by atoms with Crippen LogP contribution in [0.4, 0.5) is 42.1 Å². The largest absolute Gasteiger partial charge is 0.495 e. The van der Waals surface area contributed by atoms with Crippen molar-refractivity contribution in [3.05, 3.63) is 247 Å². The van der Waals surface area contributed by atoms with Gasteiger partial charge < -0.3 is 40.1 Å². The monoisotopic (exact) mass is 1320 g/mol. The summed E-state index contributed by atoms with van der Waals surface area (Å²) >= 11 is 0. The summed E-state index contributed by atoms with van der Waals surface area (Å²) < 4.78 is 103. The van der Waals surface area contributed by atoms with Crippen LogP contribution in [0.3, 0.4) is 0 Å². The van der Waals surface area contributed by atoms with Crippen molar-refractivity contribution in [1.82, 2.24) is 53.4 Å². The highest BCUT2D eigenvalue weighted by atomic mass is 19.2. The van der Waals surface area contributed by atoms with Gasteiger partial charge in [-0.15, -0.1) is 0 Å². The first-order valence-electron chi connectivity index (χ1n) is 28.1. The lowest BCUT2D eigenvalue weighted by Gasteiger charge is -2.12. The SMILES string of the molecule is COc1ccc(CC(=O)CCn2c(=O)c3ccnn3c3ccc(F)cc32)nc1.Nc1cc(F)ccc1F.O=C(Nc1cc(F)ccc1F)C1=CC=NC1.O=C(O)C1=C[C+]=NN1.O=C(O)CCn1c(=O)c2ccnn2c2ccc(F)cc21.O=c1[nH]c2cc(F)ccc2n2nccc12. The number of nitrogens with zero attached hydrogens (tertiary/aromatic N) is 11. The zero-order valence-electron chi connectivity index (χ0n) is 49.6. The Balaban J connectivity index is 0.000000142. The molecular weight excluding hydrogens is 1270 g/mol. The summed E-state index contributed by atoms with van der Waals surface area (Å²) in [5, 5.41) is 34.7. The summed E-state index contributed by atoms with van der Waals surface area (Å²) in [5.74, 6) is -5.67. The van der Waals surface area contributed by atoms with Crippen LogP contribution in [0.25, 0.3) is 49.7 Å². The van der Waals surface area contributed by atoms with Crippen molar-refractivity contribution >= 4 is 97.1 Å². The fourth-order valence-electron chi connectivity index (χ4n) is 9.19. The number of anilines is 2. The molecule has 25 nitrogen and oxygen atoms in total. The number of aromatic amines is 1. The highest BCUT2D eigenvalue weighted by Gasteiger charge is 2.20. The van der Waals surface area contributed by atoms with Crippen molar-refractivity contribution in [2.24, 2.45) is 10.1 Å². The van der Waals surface area contributed by atoms with Crippen LogP contribution in [0.1, 0.15) is 18.5 Å². The summed E-state index contributed by atoms with van der Waals surface area (Å²) in [6.45, 7) is 0.397. The van der Waals surface area contributed by atoms with E-state index in [2.05, 4.69) is 52.3 Å². The number of aliphatic carboxylic acids is 2. The number of amides is 1. The Kier molecular flexibility index (Phi) is 21.4. The average Bonchev–Trinajstić information content (AvgIpc) is 1.81. The van der Waals surface area contributed by atoms with Gasteiger partial charge >= 0.3 is 11.9 Å². The maximum atomic E-state index is 13.8. The topological polar surface area (TPSA) is 334 Å². The van der Waals surface area contributed by atoms with Crippen LogP contribution in [0.5, 0.6) is 5.75 Å². The number of aromatic nitrogens is 10. The van der Waals surface area contributed by atoms with Crippen LogP contribution >= 0.6 is 0 Å². The molecule has 12 aromatic rings. The van der Waals surface area contributed by atoms with Gasteiger partial charge in [-0.25, -0.2) is 49.1 Å². The number of nitrogens with two attached hydrogens (primary N) is 1. The molecule has 5 aromatic carbocycles. The molecule has 0 bridgehead atoms. The Morgan fingerprint density at radius 1 is 0.625 bits per heavy atom. The molecule has 0 saturated carbocycles. The van der Waals surface area contributed by atoms with Crippen molar-refractivity contribution < 1.29 is 64.9 Å². The summed E-state index contributed by atoms with van der Waals surface area (Å²) in [6.07, 6.45) is 12.8. The van der Waals surface area contributed by atoms with Gasteiger partial charge in [0.05, 0.1) is 89.3 Å². The lowest BCUT2D eigenvalue weighted by molar-refractivity contribution is -0.137. The minimum Gasteiger partial charge on any atom is -0.495 e. The third-order valence-electron chi connectivity index (χ3n) is 13.8. The maximum Gasteiger partial charge on any atom is 0.441 e. The molecule has 2 aliphatic heterocycles. The number of ketones is 1. The second-order valence-electron chi connectivity index (χ2n) is 20.1. The van der Waals surface area contributed by atoms with E-state index in [0.29, 0.717) is 66.7 Å². The molecule has 0 aliphatic carbocycles. The minimum atomic E-state index is -1.02. The molecule has 7 aromatic heterocycles. The van der Waals surface area contributed by atoms with Crippen molar-refractivity contribution in [2.45, 2.75) is 32.4 Å². The quantitative estimate of drug-likeness (QED) is 0.0385. The Morgan fingerprint density at radius 2 is 1.17 bits per heavy atom. The van der Waals surface area contributed by atoms with Gasteiger partial charge in [0.15, 0.2) is 0 Å². The molecule has 9 heterocycles. The lowest BCUT2D eigenvalue weighted by atomic mass is 10.1. The molecule has 0 spiro atoms. The number of ether oxygens (including phenoxy) is 1. The number of fused-ring (bicyclic) bond motifs is 9. The predicted molar refractivity (Wildman–Crippen MR) is 337 cm³/mol. The number of H-pyrrole nitrogens is 1. The van der Waals surface area contributed by atoms with E-state index < -0.39 is 52.7 Å². The number of carbonyl (C=O) groups is 4. The molecule has 0 radical (unpaired) electrons. The number of hydrazone groups is 1. The second-order valence-corrected chi connectivity index (χ2v) is 20.1. The number of hydrogen-bond donors (Lipinski definition) is 6. The van der Waals surface area contributed by atoms with Crippen molar-refractivity contribution in [3.63, 3.8) is 0 Å². The normalized spacial score (nSPS) is 11.8. The zero-order valence-corrected chi connectivity index (χ0v) is 49.6. The molecule has 7 N–H and O–H groups in total. The van der Waals surface area contributed by atoms with Gasteiger partial charge in [-0.2, -0.15) is 20.7 Å². The molecule has 0 atom stereocenters. The Morgan fingerprint density at radius 3 is 1.68 bits per heavy atom. The van der Waals surface area contributed by atoms with Gasteiger partial charge in [0.2, 0.25) is 12.3 Å². The smallest absolute Gasteiger partial charge is 0.441 e. The Hall–Kier alpha value is -13.0. The van der Waals surface area contributed by atoms with Crippen LogP contribution in [0.15, 0.2) is 194 Å². The molecular formula is C64H49F7N15O10+. The minimum absolute atomic E-state index is 0.0181. The van der Waals surface area contributed by atoms with Crippen LogP contribution in [0, 0.1) is 40.7 Å². The van der Waals surface area contributed by atoms with E-state index in [-0.39, 0.29) is 84.2 Å². The number of methoxy groups -OCH3 is 1. The molecule has 0 fully saturated rings. The highest BCUT2D eigenvalue weighted by Crippen LogP contribution is 2.21. The van der Waals surface area contributed by atoms with Gasteiger partial charge in [-0.05, 0) is 121 Å². The zero-order chi connectivity index (χ0) is 68.7. The van der Waals surface area contributed by atoms with Crippen molar-refractivity contribution in [3.8, 4) is 5.75 Å². The first-order valence-corrected chi connectivity index (χ1v) is 28.1. The van der Waals surface area contributed by atoms with Gasteiger partial charge in [0.1, 0.15) is 68.8 Å². The van der Waals surface area contributed by atoms with E-state index in [0.717, 1.165) is 36.4 Å². The first-order chi connectivity index (χ1) is 46.1. The summed E-state index contributed by atoms with van der Waals surface area (Å²) in [4.78, 5) is 91.8. The number of aryl methyl sites for hydroxylation is 2. The van der Waals surface area contributed by atoms with Crippen LogP contribution in [-0.4, -0.2) is 108 Å². The number of hydrogen-bond acceptors (Lipinski definition) is 16. The van der Waals surface area contributed by atoms with E-state index in [9.17, 15) is 64.3 Å². The Bertz CT molecular complexity index is 5270. The average molecular weight is 1320 g/mol. The summed E-state index contributed by atoms with van der Waals surface area (Å²) in [7, 11) is 1.55. The number of carbonyl (C=O) groups excluding carboxylic acids is 2. The van der Waals surface area contributed by atoms with E-state index in [4.69, 9.17) is 20.7 Å². The van der Waals surface area contributed by atoms with E-state index in [1.807, 2.05) is 0 Å². The number of allylic oxidation sites excluding steroid dienone is 2. The van der Waals surface area contributed by atoms with Crippen molar-refractivity contribution in [2.75, 3.05) is 24.7 Å². The highest BCUT2D eigenvalue weighted by molar-refractivity contribution is 6.07. The fraction of sp³-hybridized carbons (Fsp3) is 0.109. The molecule has 14 rings (SSSR count). The third kappa shape index (κ3) is 16.4. The van der Waals surface area contributed by atoms with E-state index in [1.54, 1.807) is 55.8 Å². The summed E-state index contributed by atoms with van der Waals surface area (Å²) in [6, 6.07) is 26.4. The number of nitrogen functional groups attached to an aromatic ring is 1. The number of pyridine rings is 1. The number of benzene rings is 5. The van der Waals surface area contributed by atoms with Crippen LogP contribution in [0.2, 0.25) is 0 Å². The molecule has 0 unspecified atom stereocenters. The molecule has 32 heteroatoms. The van der Waals surface area contributed by atoms with Crippen LogP contribution in [-0.2, 0) is 38.7 Å². The number of carboxylic acids is 2. The molecule has 96 heavy (non-hydrogen) atoms. The third-order valence-corrected chi connectivity index (χ3v) is 13.8. The van der Waals surface area contributed by atoms with Gasteiger partial charge in [-0.1, -0.05) is 0 Å². The lowest BCUT2D eigenvalue weighted by Crippen LogP contribution is -2.24. The van der Waals surface area contributed by atoms with Crippen molar-refractivity contribution in [1.29, 1.82) is 0 Å². The van der Waals surface area contributed by atoms with E-state index in [1.165, 1.54) is 102 Å². The predicted octanol–water partition coefficient (Wildman–Crippen LogP) is 7.85. The fourth-order valence-corrected chi connectivity index (χ4v) is 9.19. The number of rotatable bonds is 12. The standard InChI is InChI=1S/C20H17FN4O3.C13H10FN3O3.C11H8F2N2O.C10H6FN3O.C6H5F2N.C4H2N2O2/c1-28-16-4-3-14(22-12-16)11-15(26)7-9-24-19-10-13(21)2-5-17(19)25-18(20(24)27)6-8-23-25;14-8-1-2-9-11(7-8)16(6-4-12(18)19)13(20)10-3-5-15-17(9)10;12-8-1-2-9(13)10(5-8)15-11(16)7-3-4-14-6-7;11-6-1-2-8-7(5-6)13-10(15)9-3-4-12-14(8)9;7-4-1-2-5(8)6(9)3-4;7-4(8)3-1-2-5-6-3/h2-6,8,10,12H,7,9,11H2,1H3;1-3,5,7H,4,6H2,(H,18,19);1-5H,6H2,(H,15,16);1-5H,(H,13,15);1-3H,9H2;1H,(H-,5,6,7,8)/p+1. The number of Topliss-reactive ketones (excluding diaryl/α,β-unsaturated/α-hetero) is 1. The number of carboxylic acid groups (broad SMARTS) is 2. The number of nitrogens with one attached hydrogen (secondary N) is 3. The molecule has 2 aliphatic rings. The number of aliphatic imine (C=N–C) groups is 1. The maximum absolute atomic E-state index is 13.8. The van der Waals surface area contributed by atoms with Gasteiger partial charge in [-0.3, -0.25) is 38.7 Å². The molecule has 1 amide bonds. The molecule has 488 valence electrons. The molecule has 0 saturated heterocycles. The second kappa shape index (κ2) is 30.4. The Labute approximate surface area is 533 Å². The van der Waals surface area contributed by atoms with Gasteiger partial charge in [0.25, 0.3) is 28.3 Å². The van der Waals surface area contributed by atoms with E-state index >= 15 is 0 Å². The van der Waals surface area contributed by atoms with Crippen LogP contribution < -0.4 is 37.9 Å². The first kappa shape index (κ1) is 67.4.